The average Bonchev–Trinajstić information content (AvgIpc) is 2.77. The summed E-state index contributed by atoms with van der Waals surface area (Å²) < 4.78 is 15.6. The lowest BCUT2D eigenvalue weighted by molar-refractivity contribution is -0.134. The number of hydrogen-bond donors (Lipinski definition) is 0. The molecule has 1 aromatic carbocycles. The van der Waals surface area contributed by atoms with E-state index in [-0.39, 0.29) is 18.1 Å². The van der Waals surface area contributed by atoms with Crippen molar-refractivity contribution in [1.29, 1.82) is 0 Å². The Bertz CT molecular complexity index is 800. The van der Waals surface area contributed by atoms with Crippen LogP contribution >= 0.6 is 0 Å². The van der Waals surface area contributed by atoms with Crippen molar-refractivity contribution in [3.63, 3.8) is 0 Å². The number of anilines is 1. The number of rotatable bonds is 6. The van der Waals surface area contributed by atoms with Crippen molar-refractivity contribution in [3.8, 4) is 11.5 Å². The Morgan fingerprint density at radius 3 is 2.14 bits per heavy atom. The average molecular weight is 386 g/mol. The van der Waals surface area contributed by atoms with Gasteiger partial charge in [0.05, 0.1) is 14.2 Å². The molecule has 1 aliphatic rings. The minimum absolute atomic E-state index is 0.159. The molecule has 0 saturated carbocycles. The molecule has 28 heavy (non-hydrogen) atoms. The fourth-order valence-corrected chi connectivity index (χ4v) is 2.95. The van der Waals surface area contributed by atoms with Crippen LogP contribution in [0.25, 0.3) is 0 Å². The third-order valence-electron chi connectivity index (χ3n) is 4.43. The fourth-order valence-electron chi connectivity index (χ4n) is 2.95. The van der Waals surface area contributed by atoms with Crippen molar-refractivity contribution in [3.05, 3.63) is 42.2 Å². The van der Waals surface area contributed by atoms with Gasteiger partial charge < -0.3 is 24.0 Å². The molecule has 2 aromatic rings. The molecule has 1 aromatic heterocycles. The minimum Gasteiger partial charge on any atom is -0.496 e. The molecule has 0 atom stereocenters. The summed E-state index contributed by atoms with van der Waals surface area (Å²) in [7, 11) is 2.90. The summed E-state index contributed by atoms with van der Waals surface area (Å²) in [5.74, 6) is 0.376. The van der Waals surface area contributed by atoms with Gasteiger partial charge in [-0.05, 0) is 18.2 Å². The van der Waals surface area contributed by atoms with Crippen molar-refractivity contribution >= 4 is 17.8 Å². The number of carbonyl (C=O) groups is 2. The van der Waals surface area contributed by atoms with Crippen molar-refractivity contribution in [2.24, 2.45) is 0 Å². The van der Waals surface area contributed by atoms with Crippen LogP contribution in [-0.4, -0.2) is 73.7 Å². The van der Waals surface area contributed by atoms with E-state index in [2.05, 4.69) is 9.97 Å². The number of piperazine rings is 1. The van der Waals surface area contributed by atoms with Crippen LogP contribution in [0.3, 0.4) is 0 Å². The molecule has 0 N–H and O–H groups in total. The van der Waals surface area contributed by atoms with Crippen LogP contribution in [0, 0.1) is 0 Å². The van der Waals surface area contributed by atoms with Gasteiger partial charge in [-0.3, -0.25) is 4.79 Å². The Labute approximate surface area is 162 Å². The van der Waals surface area contributed by atoms with Gasteiger partial charge in [-0.1, -0.05) is 6.07 Å². The number of ether oxygens (including phenoxy) is 3. The summed E-state index contributed by atoms with van der Waals surface area (Å²) in [6.07, 6.45) is 3.37. The number of esters is 1. The van der Waals surface area contributed by atoms with Gasteiger partial charge in [-0.15, -0.1) is 0 Å². The third-order valence-corrected chi connectivity index (χ3v) is 4.43. The van der Waals surface area contributed by atoms with Crippen molar-refractivity contribution in [2.75, 3.05) is 51.9 Å². The standard InChI is InChI=1S/C19H22N4O5/c1-26-14-5-3-6-15(27-2)17(14)18(25)28-13-16(24)22-9-11-23(12-10-22)19-20-7-4-8-21-19/h3-8H,9-13H2,1-2H3. The number of amides is 1. The molecular formula is C19H22N4O5. The predicted octanol–water partition coefficient (Wildman–Crippen LogP) is 0.999. The van der Waals surface area contributed by atoms with Crippen LogP contribution in [0.5, 0.6) is 11.5 Å². The van der Waals surface area contributed by atoms with Gasteiger partial charge in [0.1, 0.15) is 17.1 Å². The summed E-state index contributed by atoms with van der Waals surface area (Å²) in [5, 5.41) is 0. The highest BCUT2D eigenvalue weighted by Gasteiger charge is 2.25. The van der Waals surface area contributed by atoms with E-state index in [1.165, 1.54) is 14.2 Å². The first-order chi connectivity index (χ1) is 13.6. The van der Waals surface area contributed by atoms with E-state index >= 15 is 0 Å². The summed E-state index contributed by atoms with van der Waals surface area (Å²) in [5.41, 5.74) is 0.159. The zero-order chi connectivity index (χ0) is 19.9. The first-order valence-electron chi connectivity index (χ1n) is 8.82. The maximum Gasteiger partial charge on any atom is 0.346 e. The molecular weight excluding hydrogens is 364 g/mol. The third kappa shape index (κ3) is 4.30. The SMILES string of the molecule is COc1cccc(OC)c1C(=O)OCC(=O)N1CCN(c2ncccn2)CC1. The second kappa shape index (κ2) is 9.03. The molecule has 0 aliphatic carbocycles. The number of nitrogens with zero attached hydrogens (tertiary/aromatic N) is 4. The highest BCUT2D eigenvalue weighted by atomic mass is 16.5. The molecule has 1 aliphatic heterocycles. The Hall–Kier alpha value is -3.36. The lowest BCUT2D eigenvalue weighted by atomic mass is 10.2. The van der Waals surface area contributed by atoms with Crippen molar-refractivity contribution < 1.29 is 23.8 Å². The normalized spacial score (nSPS) is 13.8. The number of benzene rings is 1. The smallest absolute Gasteiger partial charge is 0.346 e. The Balaban J connectivity index is 1.55. The maximum atomic E-state index is 12.5. The van der Waals surface area contributed by atoms with Gasteiger partial charge in [0.15, 0.2) is 6.61 Å². The Morgan fingerprint density at radius 1 is 0.964 bits per heavy atom. The monoisotopic (exact) mass is 386 g/mol. The summed E-state index contributed by atoms with van der Waals surface area (Å²) >= 11 is 0. The first kappa shape index (κ1) is 19.4. The van der Waals surface area contributed by atoms with E-state index in [4.69, 9.17) is 14.2 Å². The van der Waals surface area contributed by atoms with E-state index < -0.39 is 5.97 Å². The zero-order valence-electron chi connectivity index (χ0n) is 15.8. The second-order valence-electron chi connectivity index (χ2n) is 6.03. The van der Waals surface area contributed by atoms with Gasteiger partial charge in [-0.25, -0.2) is 14.8 Å². The van der Waals surface area contributed by atoms with Gasteiger partial charge in [0.25, 0.3) is 5.91 Å². The molecule has 0 spiro atoms. The van der Waals surface area contributed by atoms with Gasteiger partial charge in [0, 0.05) is 38.6 Å². The van der Waals surface area contributed by atoms with E-state index in [1.807, 2.05) is 4.90 Å². The molecule has 148 valence electrons. The first-order valence-corrected chi connectivity index (χ1v) is 8.82. The summed E-state index contributed by atoms with van der Waals surface area (Å²) in [6.45, 7) is 1.90. The van der Waals surface area contributed by atoms with E-state index in [9.17, 15) is 9.59 Å². The number of hydrogen-bond acceptors (Lipinski definition) is 8. The largest absolute Gasteiger partial charge is 0.496 e. The van der Waals surface area contributed by atoms with Crippen molar-refractivity contribution in [1.82, 2.24) is 14.9 Å². The van der Waals surface area contributed by atoms with Gasteiger partial charge in [-0.2, -0.15) is 0 Å². The van der Waals surface area contributed by atoms with Crippen LogP contribution < -0.4 is 14.4 Å². The molecule has 0 radical (unpaired) electrons. The summed E-state index contributed by atoms with van der Waals surface area (Å²) in [6, 6.07) is 6.72. The second-order valence-corrected chi connectivity index (χ2v) is 6.03. The molecule has 9 nitrogen and oxygen atoms in total. The Kier molecular flexibility index (Phi) is 6.25. The van der Waals surface area contributed by atoms with Crippen LogP contribution in [-0.2, 0) is 9.53 Å². The van der Waals surface area contributed by atoms with Crippen LogP contribution in [0.4, 0.5) is 5.95 Å². The number of aromatic nitrogens is 2. The van der Waals surface area contributed by atoms with Crippen LogP contribution in [0.15, 0.2) is 36.7 Å². The quantitative estimate of drug-likeness (QED) is 0.679. The molecule has 0 unspecified atom stereocenters. The molecule has 9 heteroatoms. The van der Waals surface area contributed by atoms with Crippen LogP contribution in [0.2, 0.25) is 0 Å². The molecule has 0 bridgehead atoms. The van der Waals surface area contributed by atoms with E-state index in [0.29, 0.717) is 43.6 Å². The molecule has 1 amide bonds. The lowest BCUT2D eigenvalue weighted by Crippen LogP contribution is -2.50. The number of carbonyl (C=O) groups excluding carboxylic acids is 2. The van der Waals surface area contributed by atoms with Gasteiger partial charge in [0.2, 0.25) is 5.95 Å². The minimum atomic E-state index is -0.668. The van der Waals surface area contributed by atoms with E-state index in [1.54, 1.807) is 41.6 Å². The number of methoxy groups -OCH3 is 2. The highest BCUT2D eigenvalue weighted by molar-refractivity contribution is 5.96. The van der Waals surface area contributed by atoms with E-state index in [0.717, 1.165) is 0 Å². The van der Waals surface area contributed by atoms with Crippen molar-refractivity contribution in [2.45, 2.75) is 0 Å². The Morgan fingerprint density at radius 2 is 1.57 bits per heavy atom. The highest BCUT2D eigenvalue weighted by Crippen LogP contribution is 2.28. The summed E-state index contributed by atoms with van der Waals surface area (Å²) in [4.78, 5) is 37.0. The molecule has 1 fully saturated rings. The van der Waals surface area contributed by atoms with Gasteiger partial charge >= 0.3 is 5.97 Å². The van der Waals surface area contributed by atoms with Crippen LogP contribution in [0.1, 0.15) is 10.4 Å². The predicted molar refractivity (Wildman–Crippen MR) is 101 cm³/mol. The lowest BCUT2D eigenvalue weighted by Gasteiger charge is -2.34. The zero-order valence-corrected chi connectivity index (χ0v) is 15.8. The molecule has 3 rings (SSSR count). The topological polar surface area (TPSA) is 94.1 Å². The molecule has 1 saturated heterocycles. The molecule has 2 heterocycles. The fraction of sp³-hybridized carbons (Fsp3) is 0.368. The maximum absolute atomic E-state index is 12.5.